The summed E-state index contributed by atoms with van der Waals surface area (Å²) in [5.41, 5.74) is 0.201. The summed E-state index contributed by atoms with van der Waals surface area (Å²) < 4.78 is 36.9. The maximum atomic E-state index is 13.3. The lowest BCUT2D eigenvalue weighted by molar-refractivity contribution is -0.128. The number of rotatable bonds is 7. The highest BCUT2D eigenvalue weighted by Gasteiger charge is 2.49. The molecule has 1 amide bonds. The Labute approximate surface area is 144 Å². The lowest BCUT2D eigenvalue weighted by Gasteiger charge is -2.15. The van der Waals surface area contributed by atoms with Gasteiger partial charge in [-0.15, -0.1) is 0 Å². The summed E-state index contributed by atoms with van der Waals surface area (Å²) >= 11 is 0. The number of nitrogens with one attached hydrogen (secondary N) is 1. The average Bonchev–Trinajstić information content (AvgIpc) is 3.38. The van der Waals surface area contributed by atoms with E-state index in [0.29, 0.717) is 12.2 Å². The van der Waals surface area contributed by atoms with Gasteiger partial charge in [-0.1, -0.05) is 6.07 Å². The van der Waals surface area contributed by atoms with E-state index >= 15 is 0 Å². The van der Waals surface area contributed by atoms with Crippen LogP contribution in [0.5, 0.6) is 11.6 Å². The van der Waals surface area contributed by atoms with Gasteiger partial charge in [-0.3, -0.25) is 4.79 Å². The molecule has 1 heterocycles. The van der Waals surface area contributed by atoms with Gasteiger partial charge in [-0.05, 0) is 31.0 Å². The molecule has 0 spiro atoms. The first kappa shape index (κ1) is 17.3. The van der Waals surface area contributed by atoms with Crippen molar-refractivity contribution in [3.63, 3.8) is 0 Å². The molecular weight excluding hydrogens is 330 g/mol. The molecule has 0 bridgehead atoms. The lowest BCUT2D eigenvalue weighted by Crippen LogP contribution is -2.34. The first-order valence-electron chi connectivity index (χ1n) is 7.88. The predicted octanol–water partition coefficient (Wildman–Crippen LogP) is 3.19. The van der Waals surface area contributed by atoms with E-state index in [-0.39, 0.29) is 24.1 Å². The Morgan fingerprint density at radius 2 is 2.08 bits per heavy atom. The number of hydrogen-bond acceptors (Lipinski definition) is 4. The lowest BCUT2D eigenvalue weighted by atomic mass is 10.1. The Morgan fingerprint density at radius 1 is 1.28 bits per heavy atom. The van der Waals surface area contributed by atoms with Gasteiger partial charge < -0.3 is 14.8 Å². The fourth-order valence-corrected chi connectivity index (χ4v) is 2.53. The third-order valence-electron chi connectivity index (χ3n) is 4.15. The van der Waals surface area contributed by atoms with Gasteiger partial charge in [0.15, 0.2) is 11.6 Å². The summed E-state index contributed by atoms with van der Waals surface area (Å²) in [4.78, 5) is 16.4. The number of ether oxygens (including phenoxy) is 2. The number of methoxy groups -OCH3 is 1. The van der Waals surface area contributed by atoms with Gasteiger partial charge in [0.1, 0.15) is 5.75 Å². The van der Waals surface area contributed by atoms with Crippen molar-refractivity contribution in [2.45, 2.75) is 19.4 Å². The summed E-state index contributed by atoms with van der Waals surface area (Å²) in [7, 11) is 1.57. The molecule has 0 saturated heterocycles. The molecule has 1 fully saturated rings. The van der Waals surface area contributed by atoms with Gasteiger partial charge in [-0.25, -0.2) is 13.8 Å². The second kappa shape index (κ2) is 7.14. The molecule has 25 heavy (non-hydrogen) atoms. The molecule has 1 aromatic carbocycles. The van der Waals surface area contributed by atoms with Gasteiger partial charge in [0.2, 0.25) is 11.8 Å². The van der Waals surface area contributed by atoms with Crippen molar-refractivity contribution in [3.05, 3.63) is 53.7 Å². The van der Waals surface area contributed by atoms with Crippen LogP contribution in [0.1, 0.15) is 18.4 Å². The molecule has 0 aliphatic heterocycles. The minimum Gasteiger partial charge on any atom is -0.439 e. The van der Waals surface area contributed by atoms with Gasteiger partial charge in [0.05, 0.1) is 12.0 Å². The second-order valence-corrected chi connectivity index (χ2v) is 6.04. The van der Waals surface area contributed by atoms with Gasteiger partial charge in [-0.2, -0.15) is 0 Å². The summed E-state index contributed by atoms with van der Waals surface area (Å²) in [6, 6.07) is 6.70. The fourth-order valence-electron chi connectivity index (χ4n) is 2.53. The molecule has 1 aliphatic carbocycles. The van der Waals surface area contributed by atoms with Crippen molar-refractivity contribution in [1.29, 1.82) is 0 Å². The number of carbonyl (C=O) groups excluding carboxylic acids is 1. The molecule has 1 aliphatic rings. The minimum absolute atomic E-state index is 0.0722. The molecule has 2 aromatic rings. The molecule has 0 unspecified atom stereocenters. The van der Waals surface area contributed by atoms with Crippen molar-refractivity contribution < 1.29 is 23.0 Å². The average molecular weight is 348 g/mol. The Bertz CT molecular complexity index is 779. The monoisotopic (exact) mass is 348 g/mol. The summed E-state index contributed by atoms with van der Waals surface area (Å²) in [6.07, 6.45) is 3.13. The molecule has 132 valence electrons. The molecule has 3 rings (SSSR count). The van der Waals surface area contributed by atoms with Crippen molar-refractivity contribution in [3.8, 4) is 11.6 Å². The number of amides is 1. The molecule has 0 radical (unpaired) electrons. The van der Waals surface area contributed by atoms with Crippen LogP contribution < -0.4 is 10.1 Å². The van der Waals surface area contributed by atoms with Crippen LogP contribution in [-0.2, 0) is 16.1 Å². The Kier molecular flexibility index (Phi) is 4.94. The number of benzene rings is 1. The normalized spacial score (nSPS) is 14.8. The van der Waals surface area contributed by atoms with Gasteiger partial charge in [0.25, 0.3) is 0 Å². The van der Waals surface area contributed by atoms with Crippen molar-refractivity contribution in [2.24, 2.45) is 5.41 Å². The molecule has 7 heteroatoms. The fraction of sp³-hybridized carbons (Fsp3) is 0.333. The zero-order chi connectivity index (χ0) is 17.9. The molecule has 1 saturated carbocycles. The quantitative estimate of drug-likeness (QED) is 0.835. The van der Waals surface area contributed by atoms with Gasteiger partial charge >= 0.3 is 0 Å². The van der Waals surface area contributed by atoms with Crippen molar-refractivity contribution >= 4 is 5.91 Å². The standard InChI is InChI=1S/C18H18F2N2O3/c1-24-11-18(6-7-18)17(23)22-10-12-3-2-8-21-16(12)25-13-4-5-14(19)15(20)9-13/h2-5,8-9H,6-7,10-11H2,1H3,(H,22,23). The zero-order valence-corrected chi connectivity index (χ0v) is 13.7. The summed E-state index contributed by atoms with van der Waals surface area (Å²) in [6.45, 7) is 0.612. The Hall–Kier alpha value is -2.54. The first-order valence-corrected chi connectivity index (χ1v) is 7.88. The van der Waals surface area contributed by atoms with E-state index in [1.165, 1.54) is 12.3 Å². The van der Waals surface area contributed by atoms with E-state index in [1.807, 2.05) is 0 Å². The number of nitrogens with zero attached hydrogens (tertiary/aromatic N) is 1. The molecule has 1 aromatic heterocycles. The third-order valence-corrected chi connectivity index (χ3v) is 4.15. The van der Waals surface area contributed by atoms with Crippen molar-refractivity contribution in [1.82, 2.24) is 10.3 Å². The van der Waals surface area contributed by atoms with E-state index in [4.69, 9.17) is 9.47 Å². The number of halogens is 2. The number of aromatic nitrogens is 1. The van der Waals surface area contributed by atoms with E-state index in [0.717, 1.165) is 25.0 Å². The second-order valence-electron chi connectivity index (χ2n) is 6.04. The first-order chi connectivity index (χ1) is 12.0. The van der Waals surface area contributed by atoms with Crippen LogP contribution in [-0.4, -0.2) is 24.6 Å². The largest absolute Gasteiger partial charge is 0.439 e. The third kappa shape index (κ3) is 3.93. The van der Waals surface area contributed by atoms with Crippen LogP contribution in [0.25, 0.3) is 0 Å². The highest BCUT2D eigenvalue weighted by atomic mass is 19.2. The van der Waals surface area contributed by atoms with Crippen molar-refractivity contribution in [2.75, 3.05) is 13.7 Å². The van der Waals surface area contributed by atoms with Crippen LogP contribution in [0.15, 0.2) is 36.5 Å². The number of hydrogen-bond donors (Lipinski definition) is 1. The van der Waals surface area contributed by atoms with Gasteiger partial charge in [0, 0.05) is 31.5 Å². The topological polar surface area (TPSA) is 60.5 Å². The minimum atomic E-state index is -1.00. The zero-order valence-electron chi connectivity index (χ0n) is 13.7. The van der Waals surface area contributed by atoms with E-state index in [9.17, 15) is 13.6 Å². The highest BCUT2D eigenvalue weighted by molar-refractivity contribution is 5.85. The van der Waals surface area contributed by atoms with E-state index in [1.54, 1.807) is 19.2 Å². The van der Waals surface area contributed by atoms with Crippen LogP contribution in [0, 0.1) is 17.0 Å². The molecular formula is C18H18F2N2O3. The van der Waals surface area contributed by atoms with E-state index < -0.39 is 17.0 Å². The maximum absolute atomic E-state index is 13.3. The van der Waals surface area contributed by atoms with Crippen LogP contribution in [0.3, 0.4) is 0 Å². The molecule has 0 atom stereocenters. The Morgan fingerprint density at radius 3 is 2.76 bits per heavy atom. The van der Waals surface area contributed by atoms with Crippen LogP contribution in [0.2, 0.25) is 0 Å². The summed E-state index contributed by atoms with van der Waals surface area (Å²) in [5, 5.41) is 2.86. The van der Waals surface area contributed by atoms with Crippen LogP contribution >= 0.6 is 0 Å². The SMILES string of the molecule is COCC1(C(=O)NCc2cccnc2Oc2ccc(F)c(F)c2)CC1. The molecule has 5 nitrogen and oxygen atoms in total. The van der Waals surface area contributed by atoms with Crippen LogP contribution in [0.4, 0.5) is 8.78 Å². The summed E-state index contributed by atoms with van der Waals surface area (Å²) in [5.74, 6) is -1.67. The number of carbonyl (C=O) groups is 1. The Balaban J connectivity index is 1.68. The number of pyridine rings is 1. The predicted molar refractivity (Wildman–Crippen MR) is 86.1 cm³/mol. The molecule has 1 N–H and O–H groups in total. The maximum Gasteiger partial charge on any atom is 0.228 e. The van der Waals surface area contributed by atoms with E-state index in [2.05, 4.69) is 10.3 Å². The smallest absolute Gasteiger partial charge is 0.228 e. The highest BCUT2D eigenvalue weighted by Crippen LogP contribution is 2.46.